The molecule has 0 saturated heterocycles. The van der Waals surface area contributed by atoms with Gasteiger partial charge in [0.1, 0.15) is 0 Å². The molecule has 0 saturated carbocycles. The van der Waals surface area contributed by atoms with Crippen LogP contribution in [0, 0.1) is 6.92 Å². The number of hydrogen-bond donors (Lipinski definition) is 0. The molecule has 0 amide bonds. The van der Waals surface area contributed by atoms with Gasteiger partial charge in [0.2, 0.25) is 15.0 Å². The molecule has 0 bridgehead atoms. The molecule has 0 fully saturated rings. The van der Waals surface area contributed by atoms with Gasteiger partial charge in [0.15, 0.2) is 0 Å². The lowest BCUT2D eigenvalue weighted by molar-refractivity contribution is -0.137. The number of nitrogens with zero attached hydrogens (tertiary/aromatic N) is 2. The van der Waals surface area contributed by atoms with Gasteiger partial charge in [0.25, 0.3) is 0 Å². The van der Waals surface area contributed by atoms with E-state index >= 15 is 0 Å². The van der Waals surface area contributed by atoms with Crippen molar-refractivity contribution in [1.82, 2.24) is 9.97 Å². The zero-order valence-corrected chi connectivity index (χ0v) is 10.8. The first-order chi connectivity index (χ1) is 8.59. The third kappa shape index (κ3) is 2.67. The third-order valence-corrected chi connectivity index (χ3v) is 3.37. The monoisotopic (exact) mass is 290 g/mol. The van der Waals surface area contributed by atoms with Crippen molar-refractivity contribution in [3.63, 3.8) is 0 Å². The Kier molecular flexibility index (Phi) is 3.00. The van der Waals surface area contributed by atoms with Crippen LogP contribution in [0.2, 0.25) is 0 Å². The smallest absolute Gasteiger partial charge is 0.223 e. The van der Waals surface area contributed by atoms with Crippen LogP contribution in [0.5, 0.6) is 0 Å². The molecule has 0 aliphatic heterocycles. The number of alkyl halides is 3. The van der Waals surface area contributed by atoms with E-state index in [1.807, 2.05) is 0 Å². The van der Waals surface area contributed by atoms with E-state index in [-0.39, 0.29) is 5.52 Å². The SMILES string of the molecule is Cc1nc(S(C)(=O)=O)nc2cc(C(F)(F)F)ccc12. The average Bonchev–Trinajstić information content (AvgIpc) is 2.25. The molecule has 1 heterocycles. The summed E-state index contributed by atoms with van der Waals surface area (Å²) in [6.07, 6.45) is -3.60. The lowest BCUT2D eigenvalue weighted by Gasteiger charge is -2.09. The summed E-state index contributed by atoms with van der Waals surface area (Å²) in [5, 5.41) is -0.0859. The number of fused-ring (bicyclic) bond motifs is 1. The number of aromatic nitrogens is 2. The molecular formula is C11H9F3N2O2S. The maximum absolute atomic E-state index is 12.6. The number of aryl methyl sites for hydroxylation is 1. The molecule has 19 heavy (non-hydrogen) atoms. The first-order valence-electron chi connectivity index (χ1n) is 5.15. The Morgan fingerprint density at radius 2 is 1.79 bits per heavy atom. The highest BCUT2D eigenvalue weighted by atomic mass is 32.2. The molecule has 0 aliphatic rings. The highest BCUT2D eigenvalue weighted by Crippen LogP contribution is 2.31. The Morgan fingerprint density at radius 3 is 2.32 bits per heavy atom. The molecule has 1 aromatic heterocycles. The molecule has 0 aliphatic carbocycles. The largest absolute Gasteiger partial charge is 0.416 e. The predicted molar refractivity (Wildman–Crippen MR) is 62.4 cm³/mol. The van der Waals surface area contributed by atoms with Crippen molar-refractivity contribution in [3.8, 4) is 0 Å². The molecule has 102 valence electrons. The molecule has 0 N–H and O–H groups in total. The van der Waals surface area contributed by atoms with Crippen molar-refractivity contribution >= 4 is 20.7 Å². The number of halogens is 3. The Morgan fingerprint density at radius 1 is 1.16 bits per heavy atom. The summed E-state index contributed by atoms with van der Waals surface area (Å²) < 4.78 is 60.5. The van der Waals surface area contributed by atoms with Crippen LogP contribution in [0.1, 0.15) is 11.3 Å². The molecular weight excluding hydrogens is 281 g/mol. The van der Waals surface area contributed by atoms with E-state index in [1.165, 1.54) is 13.0 Å². The highest BCUT2D eigenvalue weighted by molar-refractivity contribution is 7.90. The topological polar surface area (TPSA) is 59.9 Å². The molecule has 0 atom stereocenters. The minimum Gasteiger partial charge on any atom is -0.223 e. The summed E-state index contributed by atoms with van der Waals surface area (Å²) in [6, 6.07) is 2.97. The van der Waals surface area contributed by atoms with Crippen LogP contribution in [0.3, 0.4) is 0 Å². The van der Waals surface area contributed by atoms with E-state index in [2.05, 4.69) is 9.97 Å². The van der Waals surface area contributed by atoms with Crippen LogP contribution >= 0.6 is 0 Å². The molecule has 2 rings (SSSR count). The Labute approximate surface area is 107 Å². The van der Waals surface area contributed by atoms with Crippen LogP contribution in [-0.4, -0.2) is 24.6 Å². The summed E-state index contributed by atoms with van der Waals surface area (Å²) in [6.45, 7) is 1.52. The van der Waals surface area contributed by atoms with E-state index in [0.29, 0.717) is 11.1 Å². The number of rotatable bonds is 1. The predicted octanol–water partition coefficient (Wildman–Crippen LogP) is 2.36. The first kappa shape index (κ1) is 13.7. The van der Waals surface area contributed by atoms with E-state index in [0.717, 1.165) is 18.4 Å². The van der Waals surface area contributed by atoms with E-state index in [4.69, 9.17) is 0 Å². The summed E-state index contributed by atoms with van der Waals surface area (Å²) in [5.41, 5.74) is -0.598. The molecule has 1 aromatic carbocycles. The van der Waals surface area contributed by atoms with Gasteiger partial charge in [-0.1, -0.05) is 6.07 Å². The fraction of sp³-hybridized carbons (Fsp3) is 0.273. The van der Waals surface area contributed by atoms with E-state index < -0.39 is 26.7 Å². The van der Waals surface area contributed by atoms with Gasteiger partial charge in [-0.3, -0.25) is 0 Å². The lowest BCUT2D eigenvalue weighted by Crippen LogP contribution is -2.08. The number of hydrogen-bond acceptors (Lipinski definition) is 4. The zero-order chi connectivity index (χ0) is 14.4. The molecule has 8 heteroatoms. The van der Waals surface area contributed by atoms with Crippen LogP contribution < -0.4 is 0 Å². The second-order valence-electron chi connectivity index (χ2n) is 4.09. The molecule has 0 radical (unpaired) electrons. The first-order valence-corrected chi connectivity index (χ1v) is 7.04. The number of benzene rings is 1. The summed E-state index contributed by atoms with van der Waals surface area (Å²) in [4.78, 5) is 7.47. The molecule has 0 spiro atoms. The molecule has 2 aromatic rings. The van der Waals surface area contributed by atoms with Gasteiger partial charge in [0, 0.05) is 17.3 Å². The van der Waals surface area contributed by atoms with Crippen LogP contribution in [0.15, 0.2) is 23.4 Å². The standard InChI is InChI=1S/C11H9F3N2O2S/c1-6-8-4-3-7(11(12,13)14)5-9(8)16-10(15-6)19(2,17)18/h3-5H,1-2H3. The lowest BCUT2D eigenvalue weighted by atomic mass is 10.1. The van der Waals surface area contributed by atoms with Gasteiger partial charge in [-0.05, 0) is 19.1 Å². The second kappa shape index (κ2) is 4.16. The average molecular weight is 290 g/mol. The van der Waals surface area contributed by atoms with Crippen LogP contribution in [0.4, 0.5) is 13.2 Å². The van der Waals surface area contributed by atoms with Gasteiger partial charge >= 0.3 is 6.18 Å². The fourth-order valence-corrected chi connectivity index (χ4v) is 2.17. The van der Waals surface area contributed by atoms with Gasteiger partial charge in [-0.15, -0.1) is 0 Å². The van der Waals surface area contributed by atoms with Gasteiger partial charge < -0.3 is 0 Å². The third-order valence-electron chi connectivity index (χ3n) is 2.53. The van der Waals surface area contributed by atoms with E-state index in [9.17, 15) is 21.6 Å². The maximum Gasteiger partial charge on any atom is 0.416 e. The zero-order valence-electron chi connectivity index (χ0n) is 9.99. The summed E-state index contributed by atoms with van der Waals surface area (Å²) >= 11 is 0. The van der Waals surface area contributed by atoms with Crippen molar-refractivity contribution < 1.29 is 21.6 Å². The summed E-state index contributed by atoms with van der Waals surface area (Å²) in [5.74, 6) is 0. The summed E-state index contributed by atoms with van der Waals surface area (Å²) in [7, 11) is -3.67. The Bertz CT molecular complexity index is 754. The quantitative estimate of drug-likeness (QED) is 0.756. The Hall–Kier alpha value is -1.70. The van der Waals surface area contributed by atoms with Crippen molar-refractivity contribution in [1.29, 1.82) is 0 Å². The van der Waals surface area contributed by atoms with Crippen molar-refractivity contribution in [3.05, 3.63) is 29.5 Å². The minimum absolute atomic E-state index is 0.0391. The van der Waals surface area contributed by atoms with E-state index in [1.54, 1.807) is 0 Å². The van der Waals surface area contributed by atoms with Gasteiger partial charge in [0.05, 0.1) is 11.1 Å². The number of sulfone groups is 1. The van der Waals surface area contributed by atoms with Crippen LogP contribution in [-0.2, 0) is 16.0 Å². The minimum atomic E-state index is -4.50. The fourth-order valence-electron chi connectivity index (χ4n) is 1.60. The highest BCUT2D eigenvalue weighted by Gasteiger charge is 2.30. The van der Waals surface area contributed by atoms with Gasteiger partial charge in [-0.2, -0.15) is 13.2 Å². The molecule has 4 nitrogen and oxygen atoms in total. The van der Waals surface area contributed by atoms with Crippen molar-refractivity contribution in [2.75, 3.05) is 6.26 Å². The second-order valence-corrected chi connectivity index (χ2v) is 6.00. The van der Waals surface area contributed by atoms with Crippen LogP contribution in [0.25, 0.3) is 10.9 Å². The Balaban J connectivity index is 2.78. The maximum atomic E-state index is 12.6. The van der Waals surface area contributed by atoms with Crippen molar-refractivity contribution in [2.45, 2.75) is 18.3 Å². The van der Waals surface area contributed by atoms with Gasteiger partial charge in [-0.25, -0.2) is 18.4 Å². The normalized spacial score (nSPS) is 12.9. The van der Waals surface area contributed by atoms with Crippen molar-refractivity contribution in [2.24, 2.45) is 0 Å². The molecule has 0 unspecified atom stereocenters.